The van der Waals surface area contributed by atoms with Gasteiger partial charge in [-0.15, -0.1) is 11.3 Å². The molecular formula is C22H21N3O3S. The Morgan fingerprint density at radius 3 is 2.86 bits per heavy atom. The van der Waals surface area contributed by atoms with Gasteiger partial charge < -0.3 is 10.1 Å². The van der Waals surface area contributed by atoms with Crippen LogP contribution in [0, 0.1) is 13.8 Å². The average molecular weight is 407 g/mol. The number of benzene rings is 2. The molecule has 0 unspecified atom stereocenters. The molecule has 0 fully saturated rings. The second-order valence-corrected chi connectivity index (χ2v) is 7.79. The van der Waals surface area contributed by atoms with Gasteiger partial charge in [0.2, 0.25) is 11.8 Å². The van der Waals surface area contributed by atoms with E-state index in [0.717, 1.165) is 11.3 Å². The number of nitrogens with one attached hydrogen (secondary N) is 1. The minimum absolute atomic E-state index is 0.0856. The van der Waals surface area contributed by atoms with Crippen LogP contribution in [0.5, 0.6) is 5.75 Å². The maximum atomic E-state index is 12.6. The zero-order chi connectivity index (χ0) is 20.4. The molecule has 0 spiro atoms. The van der Waals surface area contributed by atoms with Crippen molar-refractivity contribution in [3.8, 4) is 17.0 Å². The summed E-state index contributed by atoms with van der Waals surface area (Å²) in [6, 6.07) is 13.4. The fourth-order valence-corrected chi connectivity index (χ4v) is 3.90. The molecule has 0 saturated heterocycles. The van der Waals surface area contributed by atoms with Crippen molar-refractivity contribution in [2.75, 3.05) is 23.4 Å². The van der Waals surface area contributed by atoms with Crippen LogP contribution in [0.1, 0.15) is 17.5 Å². The number of para-hydroxylation sites is 2. The lowest BCUT2D eigenvalue weighted by molar-refractivity contribution is -0.121. The van der Waals surface area contributed by atoms with Gasteiger partial charge in [-0.05, 0) is 43.2 Å². The SMILES string of the molecule is Cc1ccc(-c2csc(NC(=O)CN3C(=O)CCOc4ccccc43)n2)cc1C. The molecule has 1 aromatic heterocycles. The molecule has 0 bridgehead atoms. The molecule has 0 radical (unpaired) electrons. The fourth-order valence-electron chi connectivity index (χ4n) is 3.16. The van der Waals surface area contributed by atoms with E-state index in [0.29, 0.717) is 23.2 Å². The van der Waals surface area contributed by atoms with Gasteiger partial charge in [-0.1, -0.05) is 24.3 Å². The number of hydrogen-bond acceptors (Lipinski definition) is 5. The molecule has 0 atom stereocenters. The standard InChI is InChI=1S/C22H21N3O3S/c1-14-7-8-16(11-15(14)2)17-13-29-22(23-17)24-20(26)12-25-18-5-3-4-6-19(18)28-10-9-21(25)27/h3-8,11,13H,9-10,12H2,1-2H3,(H,23,24,26). The lowest BCUT2D eigenvalue weighted by Crippen LogP contribution is -2.37. The molecular weight excluding hydrogens is 386 g/mol. The number of aryl methyl sites for hydroxylation is 2. The van der Waals surface area contributed by atoms with Crippen molar-refractivity contribution in [1.29, 1.82) is 0 Å². The lowest BCUT2D eigenvalue weighted by Gasteiger charge is -2.20. The molecule has 148 valence electrons. The van der Waals surface area contributed by atoms with E-state index in [4.69, 9.17) is 4.74 Å². The molecule has 1 aliphatic rings. The molecule has 0 saturated carbocycles. The number of ether oxygens (including phenoxy) is 1. The van der Waals surface area contributed by atoms with Gasteiger partial charge in [0.15, 0.2) is 5.13 Å². The number of hydrogen-bond donors (Lipinski definition) is 1. The van der Waals surface area contributed by atoms with E-state index >= 15 is 0 Å². The molecule has 3 aromatic rings. The molecule has 0 aliphatic carbocycles. The van der Waals surface area contributed by atoms with Crippen LogP contribution in [-0.4, -0.2) is 29.9 Å². The summed E-state index contributed by atoms with van der Waals surface area (Å²) in [4.78, 5) is 31.1. The van der Waals surface area contributed by atoms with Crippen molar-refractivity contribution in [2.24, 2.45) is 0 Å². The third kappa shape index (κ3) is 4.14. The lowest BCUT2D eigenvalue weighted by atomic mass is 10.1. The summed E-state index contributed by atoms with van der Waals surface area (Å²) < 4.78 is 5.61. The smallest absolute Gasteiger partial charge is 0.246 e. The highest BCUT2D eigenvalue weighted by Crippen LogP contribution is 2.31. The van der Waals surface area contributed by atoms with Gasteiger partial charge in [-0.3, -0.25) is 14.5 Å². The largest absolute Gasteiger partial charge is 0.491 e. The number of aromatic nitrogens is 1. The minimum Gasteiger partial charge on any atom is -0.491 e. The first kappa shape index (κ1) is 19.1. The number of carbonyl (C=O) groups excluding carboxylic acids is 2. The number of rotatable bonds is 4. The Balaban J connectivity index is 1.48. The van der Waals surface area contributed by atoms with E-state index < -0.39 is 0 Å². The molecule has 1 aliphatic heterocycles. The highest BCUT2D eigenvalue weighted by molar-refractivity contribution is 7.14. The summed E-state index contributed by atoms with van der Waals surface area (Å²) in [6.07, 6.45) is 0.232. The van der Waals surface area contributed by atoms with Crippen molar-refractivity contribution < 1.29 is 14.3 Å². The number of carbonyl (C=O) groups is 2. The average Bonchev–Trinajstić information content (AvgIpc) is 3.10. The number of nitrogens with zero attached hydrogens (tertiary/aromatic N) is 2. The predicted molar refractivity (Wildman–Crippen MR) is 115 cm³/mol. The molecule has 6 nitrogen and oxygen atoms in total. The summed E-state index contributed by atoms with van der Waals surface area (Å²) in [5, 5.41) is 5.24. The monoisotopic (exact) mass is 407 g/mol. The summed E-state index contributed by atoms with van der Waals surface area (Å²) >= 11 is 1.36. The van der Waals surface area contributed by atoms with Gasteiger partial charge in [0.05, 0.1) is 24.4 Å². The van der Waals surface area contributed by atoms with Crippen LogP contribution in [0.2, 0.25) is 0 Å². The van der Waals surface area contributed by atoms with E-state index in [-0.39, 0.29) is 24.8 Å². The Labute approximate surface area is 173 Å². The van der Waals surface area contributed by atoms with E-state index in [1.807, 2.05) is 23.6 Å². The fraction of sp³-hybridized carbons (Fsp3) is 0.227. The van der Waals surface area contributed by atoms with E-state index in [1.165, 1.54) is 27.4 Å². The second kappa shape index (κ2) is 8.05. The summed E-state index contributed by atoms with van der Waals surface area (Å²) in [7, 11) is 0. The number of thiazole rings is 1. The first-order valence-electron chi connectivity index (χ1n) is 9.36. The zero-order valence-corrected chi connectivity index (χ0v) is 17.1. The second-order valence-electron chi connectivity index (χ2n) is 6.93. The van der Waals surface area contributed by atoms with Crippen LogP contribution < -0.4 is 15.0 Å². The molecule has 7 heteroatoms. The Morgan fingerprint density at radius 1 is 1.21 bits per heavy atom. The summed E-state index contributed by atoms with van der Waals surface area (Å²) in [5.74, 6) is 0.175. The summed E-state index contributed by atoms with van der Waals surface area (Å²) in [6.45, 7) is 4.35. The molecule has 29 heavy (non-hydrogen) atoms. The van der Waals surface area contributed by atoms with E-state index in [2.05, 4.69) is 36.3 Å². The molecule has 2 heterocycles. The van der Waals surface area contributed by atoms with Crippen molar-refractivity contribution in [1.82, 2.24) is 4.98 Å². The van der Waals surface area contributed by atoms with Crippen LogP contribution in [-0.2, 0) is 9.59 Å². The van der Waals surface area contributed by atoms with Gasteiger partial charge in [0.1, 0.15) is 12.3 Å². The van der Waals surface area contributed by atoms with Gasteiger partial charge in [0.25, 0.3) is 0 Å². The topological polar surface area (TPSA) is 71.5 Å². The Hall–Kier alpha value is -3.19. The van der Waals surface area contributed by atoms with Crippen LogP contribution >= 0.6 is 11.3 Å². The third-order valence-corrected chi connectivity index (χ3v) is 5.64. The molecule has 2 amide bonds. The van der Waals surface area contributed by atoms with E-state index in [1.54, 1.807) is 12.1 Å². The number of anilines is 2. The maximum Gasteiger partial charge on any atom is 0.246 e. The van der Waals surface area contributed by atoms with E-state index in [9.17, 15) is 9.59 Å². The van der Waals surface area contributed by atoms with Crippen molar-refractivity contribution in [3.05, 3.63) is 59.0 Å². The summed E-state index contributed by atoms with van der Waals surface area (Å²) in [5.41, 5.74) is 4.86. The number of amides is 2. The van der Waals surface area contributed by atoms with Gasteiger partial charge in [0, 0.05) is 10.9 Å². The van der Waals surface area contributed by atoms with Crippen LogP contribution in [0.25, 0.3) is 11.3 Å². The van der Waals surface area contributed by atoms with Crippen LogP contribution in [0.3, 0.4) is 0 Å². The number of fused-ring (bicyclic) bond motifs is 1. The first-order valence-corrected chi connectivity index (χ1v) is 10.2. The Bertz CT molecular complexity index is 1080. The Morgan fingerprint density at radius 2 is 2.03 bits per heavy atom. The van der Waals surface area contributed by atoms with Crippen molar-refractivity contribution in [3.63, 3.8) is 0 Å². The normalized spacial score (nSPS) is 13.4. The highest BCUT2D eigenvalue weighted by atomic mass is 32.1. The third-order valence-electron chi connectivity index (χ3n) is 4.89. The molecule has 2 aromatic carbocycles. The highest BCUT2D eigenvalue weighted by Gasteiger charge is 2.25. The maximum absolute atomic E-state index is 12.6. The van der Waals surface area contributed by atoms with Gasteiger partial charge in [-0.2, -0.15) is 0 Å². The molecule has 4 rings (SSSR count). The van der Waals surface area contributed by atoms with Crippen LogP contribution in [0.15, 0.2) is 47.8 Å². The van der Waals surface area contributed by atoms with Gasteiger partial charge >= 0.3 is 0 Å². The van der Waals surface area contributed by atoms with Crippen molar-refractivity contribution >= 4 is 34.0 Å². The Kier molecular flexibility index (Phi) is 5.31. The van der Waals surface area contributed by atoms with Crippen LogP contribution in [0.4, 0.5) is 10.8 Å². The van der Waals surface area contributed by atoms with Crippen molar-refractivity contribution in [2.45, 2.75) is 20.3 Å². The molecule has 1 N–H and O–H groups in total. The minimum atomic E-state index is -0.295. The zero-order valence-electron chi connectivity index (χ0n) is 16.3. The predicted octanol–water partition coefficient (Wildman–Crippen LogP) is 4.18. The first-order chi connectivity index (χ1) is 14.0. The van der Waals surface area contributed by atoms with Gasteiger partial charge in [-0.25, -0.2) is 4.98 Å². The quantitative estimate of drug-likeness (QED) is 0.704.